The zero-order valence-electron chi connectivity index (χ0n) is 15.3. The van der Waals surface area contributed by atoms with Crippen LogP contribution in [0.5, 0.6) is 0 Å². The van der Waals surface area contributed by atoms with Gasteiger partial charge in [-0.2, -0.15) is 0 Å². The number of anilines is 1. The van der Waals surface area contributed by atoms with E-state index in [4.69, 9.17) is 47.0 Å². The standard InChI is InChI=1S/C18H17Cl3N4O3S/c1-10-3-8-14(11(2)9-10)22-17(29)24-16(18(19,20)21)23-15(26)12-4-6-13(7-5-12)25(27)28/h3-9,16H,1-2H3,(H,23,26)(H2,22,24,29). The van der Waals surface area contributed by atoms with Gasteiger partial charge in [0.15, 0.2) is 5.11 Å². The van der Waals surface area contributed by atoms with Crippen molar-refractivity contribution < 1.29 is 9.72 Å². The second kappa shape index (κ2) is 9.58. The third-order valence-electron chi connectivity index (χ3n) is 3.85. The summed E-state index contributed by atoms with van der Waals surface area (Å²) in [6.07, 6.45) is -1.17. The number of benzene rings is 2. The number of thiocarbonyl (C=S) groups is 1. The zero-order chi connectivity index (χ0) is 21.8. The molecule has 0 aromatic heterocycles. The van der Waals surface area contributed by atoms with Gasteiger partial charge in [0.05, 0.1) is 4.92 Å². The van der Waals surface area contributed by atoms with Crippen LogP contribution in [-0.4, -0.2) is 25.9 Å². The molecule has 0 radical (unpaired) electrons. The fourth-order valence-corrected chi connectivity index (χ4v) is 2.95. The third kappa shape index (κ3) is 6.71. The Morgan fingerprint density at radius 3 is 2.24 bits per heavy atom. The van der Waals surface area contributed by atoms with Gasteiger partial charge in [0, 0.05) is 23.4 Å². The molecular formula is C18H17Cl3N4O3S. The molecule has 0 bridgehead atoms. The van der Waals surface area contributed by atoms with Gasteiger partial charge in [0.25, 0.3) is 11.6 Å². The highest BCUT2D eigenvalue weighted by Gasteiger charge is 2.35. The maximum absolute atomic E-state index is 12.5. The van der Waals surface area contributed by atoms with E-state index in [0.29, 0.717) is 0 Å². The van der Waals surface area contributed by atoms with Crippen molar-refractivity contribution in [3.8, 4) is 0 Å². The molecule has 3 N–H and O–H groups in total. The SMILES string of the molecule is Cc1ccc(NC(=S)NC(NC(=O)c2ccc([N+](=O)[O-])cc2)C(Cl)(Cl)Cl)c(C)c1. The first-order valence-corrected chi connectivity index (χ1v) is 9.78. The first kappa shape index (κ1) is 23.2. The second-order valence-electron chi connectivity index (χ2n) is 6.17. The van der Waals surface area contributed by atoms with Crippen LogP contribution in [0.25, 0.3) is 0 Å². The number of nitrogens with zero attached hydrogens (tertiary/aromatic N) is 1. The molecule has 154 valence electrons. The van der Waals surface area contributed by atoms with Crippen LogP contribution in [0, 0.1) is 24.0 Å². The number of non-ortho nitro benzene ring substituents is 1. The summed E-state index contributed by atoms with van der Waals surface area (Å²) in [4.78, 5) is 22.6. The summed E-state index contributed by atoms with van der Waals surface area (Å²) in [5.74, 6) is -0.599. The topological polar surface area (TPSA) is 96.3 Å². The maximum Gasteiger partial charge on any atom is 0.269 e. The van der Waals surface area contributed by atoms with Crippen LogP contribution in [0.2, 0.25) is 0 Å². The van der Waals surface area contributed by atoms with Crippen molar-refractivity contribution in [3.05, 3.63) is 69.3 Å². The summed E-state index contributed by atoms with van der Waals surface area (Å²) in [6, 6.07) is 10.8. The lowest BCUT2D eigenvalue weighted by Gasteiger charge is -2.28. The van der Waals surface area contributed by atoms with Crippen molar-refractivity contribution >= 4 is 69.4 Å². The largest absolute Gasteiger partial charge is 0.339 e. The van der Waals surface area contributed by atoms with Gasteiger partial charge in [-0.3, -0.25) is 14.9 Å². The van der Waals surface area contributed by atoms with Gasteiger partial charge in [-0.1, -0.05) is 52.5 Å². The Morgan fingerprint density at radius 2 is 1.72 bits per heavy atom. The van der Waals surface area contributed by atoms with Crippen molar-refractivity contribution in [2.45, 2.75) is 23.8 Å². The molecular weight excluding hydrogens is 459 g/mol. The van der Waals surface area contributed by atoms with Crippen LogP contribution in [0.15, 0.2) is 42.5 Å². The fourth-order valence-electron chi connectivity index (χ4n) is 2.39. The van der Waals surface area contributed by atoms with Crippen molar-refractivity contribution in [1.29, 1.82) is 0 Å². The Bertz CT molecular complexity index is 933. The molecule has 0 saturated heterocycles. The molecule has 1 unspecified atom stereocenters. The first-order valence-electron chi connectivity index (χ1n) is 8.24. The molecule has 0 spiro atoms. The van der Waals surface area contributed by atoms with E-state index in [2.05, 4.69) is 16.0 Å². The molecule has 0 heterocycles. The van der Waals surface area contributed by atoms with Crippen LogP contribution in [0.1, 0.15) is 21.5 Å². The van der Waals surface area contributed by atoms with Gasteiger partial charge >= 0.3 is 0 Å². The molecule has 11 heteroatoms. The van der Waals surface area contributed by atoms with Crippen LogP contribution >= 0.6 is 47.0 Å². The summed E-state index contributed by atoms with van der Waals surface area (Å²) < 4.78 is -1.93. The summed E-state index contributed by atoms with van der Waals surface area (Å²) in [5, 5.41) is 19.1. The average Bonchev–Trinajstić information content (AvgIpc) is 2.62. The van der Waals surface area contributed by atoms with Crippen LogP contribution in [0.3, 0.4) is 0 Å². The fraction of sp³-hybridized carbons (Fsp3) is 0.222. The minimum Gasteiger partial charge on any atom is -0.339 e. The molecule has 0 aliphatic heterocycles. The Morgan fingerprint density at radius 1 is 1.10 bits per heavy atom. The lowest BCUT2D eigenvalue weighted by molar-refractivity contribution is -0.384. The average molecular weight is 476 g/mol. The number of nitro groups is 1. The molecule has 0 saturated carbocycles. The minimum absolute atomic E-state index is 0.136. The summed E-state index contributed by atoms with van der Waals surface area (Å²) in [7, 11) is 0. The van der Waals surface area contributed by atoms with E-state index in [1.54, 1.807) is 0 Å². The molecule has 0 fully saturated rings. The van der Waals surface area contributed by atoms with E-state index >= 15 is 0 Å². The number of nitrogens with one attached hydrogen (secondary N) is 3. The van der Waals surface area contributed by atoms with E-state index in [1.165, 1.54) is 24.3 Å². The van der Waals surface area contributed by atoms with Crippen LogP contribution < -0.4 is 16.0 Å². The van der Waals surface area contributed by atoms with E-state index < -0.39 is 20.8 Å². The molecule has 7 nitrogen and oxygen atoms in total. The van der Waals surface area contributed by atoms with E-state index in [1.807, 2.05) is 32.0 Å². The maximum atomic E-state index is 12.5. The van der Waals surface area contributed by atoms with Gasteiger partial charge in [-0.05, 0) is 49.8 Å². The van der Waals surface area contributed by atoms with Crippen molar-refractivity contribution in [3.63, 3.8) is 0 Å². The molecule has 2 rings (SSSR count). The molecule has 2 aromatic rings. The molecule has 1 atom stereocenters. The van der Waals surface area contributed by atoms with E-state index in [-0.39, 0.29) is 16.4 Å². The molecule has 0 aliphatic carbocycles. The number of hydrogen-bond donors (Lipinski definition) is 3. The number of alkyl halides is 3. The van der Waals surface area contributed by atoms with Gasteiger partial charge in [0.2, 0.25) is 3.79 Å². The quantitative estimate of drug-likeness (QED) is 0.192. The molecule has 0 aliphatic rings. The third-order valence-corrected chi connectivity index (χ3v) is 4.72. The monoisotopic (exact) mass is 474 g/mol. The number of halogens is 3. The highest BCUT2D eigenvalue weighted by molar-refractivity contribution is 7.80. The van der Waals surface area contributed by atoms with Crippen LogP contribution in [-0.2, 0) is 0 Å². The molecule has 2 aromatic carbocycles. The minimum atomic E-state index is -1.93. The van der Waals surface area contributed by atoms with Crippen molar-refractivity contribution in [2.24, 2.45) is 0 Å². The number of carbonyl (C=O) groups excluding carboxylic acids is 1. The van der Waals surface area contributed by atoms with E-state index in [9.17, 15) is 14.9 Å². The van der Waals surface area contributed by atoms with Crippen molar-refractivity contribution in [1.82, 2.24) is 10.6 Å². The predicted octanol–water partition coefficient (Wildman–Crippen LogP) is 4.62. The first-order chi connectivity index (χ1) is 13.5. The zero-order valence-corrected chi connectivity index (χ0v) is 18.4. The highest BCUT2D eigenvalue weighted by atomic mass is 35.6. The summed E-state index contributed by atoms with van der Waals surface area (Å²) >= 11 is 23.2. The number of hydrogen-bond acceptors (Lipinski definition) is 4. The Kier molecular flexibility index (Phi) is 7.65. The van der Waals surface area contributed by atoms with E-state index in [0.717, 1.165) is 16.8 Å². The lowest BCUT2D eigenvalue weighted by Crippen LogP contribution is -2.56. The lowest BCUT2D eigenvalue weighted by atomic mass is 10.1. The normalized spacial score (nSPS) is 12.0. The number of aryl methyl sites for hydroxylation is 2. The summed E-state index contributed by atoms with van der Waals surface area (Å²) in [6.45, 7) is 3.89. The van der Waals surface area contributed by atoms with Gasteiger partial charge < -0.3 is 16.0 Å². The van der Waals surface area contributed by atoms with Gasteiger partial charge in [-0.25, -0.2) is 0 Å². The highest BCUT2D eigenvalue weighted by Crippen LogP contribution is 2.29. The summed E-state index contributed by atoms with van der Waals surface area (Å²) in [5.41, 5.74) is 2.84. The number of carbonyl (C=O) groups is 1. The Balaban J connectivity index is 2.09. The smallest absolute Gasteiger partial charge is 0.269 e. The second-order valence-corrected chi connectivity index (χ2v) is 8.95. The molecule has 1 amide bonds. The number of rotatable bonds is 5. The van der Waals surface area contributed by atoms with Crippen molar-refractivity contribution in [2.75, 3.05) is 5.32 Å². The van der Waals surface area contributed by atoms with Gasteiger partial charge in [0.1, 0.15) is 6.17 Å². The number of amides is 1. The Hall–Kier alpha value is -2.13. The predicted molar refractivity (Wildman–Crippen MR) is 120 cm³/mol. The molecule has 29 heavy (non-hydrogen) atoms. The van der Waals surface area contributed by atoms with Crippen LogP contribution in [0.4, 0.5) is 11.4 Å². The number of nitro benzene ring substituents is 1. The van der Waals surface area contributed by atoms with Gasteiger partial charge in [-0.15, -0.1) is 0 Å². The Labute approximate surface area is 187 Å².